The number of hydrogen-bond donors (Lipinski definition) is 1. The zero-order valence-corrected chi connectivity index (χ0v) is 4.62. The fourth-order valence-electron chi connectivity index (χ4n) is 0.262. The molecule has 0 atom stereocenters. The fraction of sp³-hybridized carbons (Fsp3) is 0.600. The summed E-state index contributed by atoms with van der Waals surface area (Å²) in [6.07, 6.45) is -1.61. The van der Waals surface area contributed by atoms with Crippen molar-refractivity contribution in [3.8, 4) is 0 Å². The summed E-state index contributed by atoms with van der Waals surface area (Å²) in [6, 6.07) is 0. The second-order valence-corrected chi connectivity index (χ2v) is 1.51. The maximum atomic E-state index is 11.4. The van der Waals surface area contributed by atoms with Crippen molar-refractivity contribution in [3.63, 3.8) is 0 Å². The van der Waals surface area contributed by atoms with Crippen molar-refractivity contribution in [2.75, 3.05) is 6.61 Å². The van der Waals surface area contributed by atoms with E-state index in [1.165, 1.54) is 6.92 Å². The lowest BCUT2D eigenvalue weighted by Crippen LogP contribution is -1.84. The summed E-state index contributed by atoms with van der Waals surface area (Å²) < 4.78 is 22.8. The first-order valence-electron chi connectivity index (χ1n) is 2.30. The van der Waals surface area contributed by atoms with Crippen LogP contribution in [-0.4, -0.2) is 11.7 Å². The number of aliphatic hydroxyl groups is 1. The molecule has 0 radical (unpaired) electrons. The maximum Gasteiger partial charge on any atom is 0.269 e. The van der Waals surface area contributed by atoms with E-state index in [1.807, 2.05) is 0 Å². The Kier molecular flexibility index (Phi) is 3.35. The molecule has 48 valence electrons. The largest absolute Gasteiger partial charge is 0.396 e. The molecular weight excluding hydrogens is 114 g/mol. The Morgan fingerprint density at radius 3 is 2.12 bits per heavy atom. The molecule has 0 heterocycles. The minimum atomic E-state index is -1.68. The van der Waals surface area contributed by atoms with Crippen LogP contribution in [0.5, 0.6) is 0 Å². The average Bonchev–Trinajstić information content (AvgIpc) is 1.67. The lowest BCUT2D eigenvalue weighted by atomic mass is 10.2. The molecule has 1 N–H and O–H groups in total. The molecular formula is C5H8F2O. The van der Waals surface area contributed by atoms with Gasteiger partial charge in [0, 0.05) is 6.61 Å². The topological polar surface area (TPSA) is 20.2 Å². The number of halogens is 2. The Labute approximate surface area is 46.6 Å². The smallest absolute Gasteiger partial charge is 0.269 e. The highest BCUT2D eigenvalue weighted by Gasteiger charge is 1.96. The van der Waals surface area contributed by atoms with E-state index < -0.39 is 6.08 Å². The van der Waals surface area contributed by atoms with E-state index in [9.17, 15) is 8.78 Å². The number of rotatable bonds is 2. The van der Waals surface area contributed by atoms with Crippen LogP contribution in [0, 0.1) is 0 Å². The second kappa shape index (κ2) is 3.55. The first-order chi connectivity index (χ1) is 3.68. The Bertz CT molecular complexity index is 94.6. The Morgan fingerprint density at radius 1 is 1.50 bits per heavy atom. The summed E-state index contributed by atoms with van der Waals surface area (Å²) >= 11 is 0. The second-order valence-electron chi connectivity index (χ2n) is 1.51. The molecule has 0 saturated carbocycles. The monoisotopic (exact) mass is 122 g/mol. The lowest BCUT2D eigenvalue weighted by Gasteiger charge is -1.91. The molecule has 0 bridgehead atoms. The van der Waals surface area contributed by atoms with Crippen molar-refractivity contribution < 1.29 is 13.9 Å². The molecule has 0 fully saturated rings. The molecule has 0 aromatic rings. The van der Waals surface area contributed by atoms with Crippen LogP contribution in [0.4, 0.5) is 8.78 Å². The molecule has 0 aromatic carbocycles. The van der Waals surface area contributed by atoms with Crippen molar-refractivity contribution in [2.24, 2.45) is 0 Å². The van der Waals surface area contributed by atoms with Gasteiger partial charge < -0.3 is 5.11 Å². The molecule has 0 aliphatic heterocycles. The third kappa shape index (κ3) is 2.69. The molecule has 0 spiro atoms. The van der Waals surface area contributed by atoms with Gasteiger partial charge in [-0.25, -0.2) is 0 Å². The van der Waals surface area contributed by atoms with Gasteiger partial charge in [0.15, 0.2) is 0 Å². The van der Waals surface area contributed by atoms with E-state index in [-0.39, 0.29) is 18.6 Å². The molecule has 0 aliphatic carbocycles. The van der Waals surface area contributed by atoms with Crippen molar-refractivity contribution >= 4 is 0 Å². The summed E-state index contributed by atoms with van der Waals surface area (Å²) in [4.78, 5) is 0. The highest BCUT2D eigenvalue weighted by atomic mass is 19.3. The lowest BCUT2D eigenvalue weighted by molar-refractivity contribution is 0.293. The molecule has 0 saturated heterocycles. The first-order valence-corrected chi connectivity index (χ1v) is 2.30. The van der Waals surface area contributed by atoms with Gasteiger partial charge in [-0.05, 0) is 18.9 Å². The van der Waals surface area contributed by atoms with Gasteiger partial charge in [-0.15, -0.1) is 0 Å². The van der Waals surface area contributed by atoms with E-state index in [0.717, 1.165) is 0 Å². The van der Waals surface area contributed by atoms with Gasteiger partial charge in [0.05, 0.1) is 0 Å². The van der Waals surface area contributed by atoms with Crippen molar-refractivity contribution in [1.82, 2.24) is 0 Å². The quantitative estimate of drug-likeness (QED) is 0.589. The average molecular weight is 122 g/mol. The van der Waals surface area contributed by atoms with Gasteiger partial charge in [-0.1, -0.05) is 0 Å². The SMILES string of the molecule is CC(CCO)=C(F)F. The van der Waals surface area contributed by atoms with Crippen molar-refractivity contribution in [2.45, 2.75) is 13.3 Å². The van der Waals surface area contributed by atoms with Crippen LogP contribution in [0.3, 0.4) is 0 Å². The zero-order valence-electron chi connectivity index (χ0n) is 4.62. The van der Waals surface area contributed by atoms with Crippen LogP contribution in [0.15, 0.2) is 11.7 Å². The van der Waals surface area contributed by atoms with Gasteiger partial charge in [-0.3, -0.25) is 0 Å². The predicted octanol–water partition coefficient (Wildman–Crippen LogP) is 1.54. The summed E-state index contributed by atoms with van der Waals surface area (Å²) in [7, 11) is 0. The third-order valence-corrected chi connectivity index (χ3v) is 0.809. The van der Waals surface area contributed by atoms with Crippen LogP contribution in [0.25, 0.3) is 0 Å². The van der Waals surface area contributed by atoms with Gasteiger partial charge in [-0.2, -0.15) is 8.78 Å². The van der Waals surface area contributed by atoms with Gasteiger partial charge in [0.2, 0.25) is 0 Å². The maximum absolute atomic E-state index is 11.4. The van der Waals surface area contributed by atoms with E-state index in [4.69, 9.17) is 5.11 Å². The standard InChI is InChI=1S/C5H8F2O/c1-4(2-3-8)5(6)7/h8H,2-3H2,1H3. The highest BCUT2D eigenvalue weighted by molar-refractivity contribution is 4.97. The first kappa shape index (κ1) is 7.56. The van der Waals surface area contributed by atoms with Crippen molar-refractivity contribution in [3.05, 3.63) is 11.7 Å². The van der Waals surface area contributed by atoms with Crippen molar-refractivity contribution in [1.29, 1.82) is 0 Å². The van der Waals surface area contributed by atoms with Gasteiger partial charge in [0.1, 0.15) is 0 Å². The van der Waals surface area contributed by atoms with E-state index in [0.29, 0.717) is 0 Å². The van der Waals surface area contributed by atoms with Crippen LogP contribution in [0.2, 0.25) is 0 Å². The van der Waals surface area contributed by atoms with Crippen LogP contribution in [-0.2, 0) is 0 Å². The molecule has 1 nitrogen and oxygen atoms in total. The molecule has 0 amide bonds. The third-order valence-electron chi connectivity index (χ3n) is 0.809. The summed E-state index contributed by atoms with van der Waals surface area (Å²) in [5.41, 5.74) is -0.0347. The van der Waals surface area contributed by atoms with E-state index in [2.05, 4.69) is 0 Å². The summed E-state index contributed by atoms with van der Waals surface area (Å²) in [6.45, 7) is 1.09. The predicted molar refractivity (Wildman–Crippen MR) is 26.6 cm³/mol. The fourth-order valence-corrected chi connectivity index (χ4v) is 0.262. The zero-order chi connectivity index (χ0) is 6.57. The molecule has 0 unspecified atom stereocenters. The number of aliphatic hydroxyl groups excluding tert-OH is 1. The van der Waals surface area contributed by atoms with Gasteiger partial charge in [0.25, 0.3) is 6.08 Å². The Hall–Kier alpha value is -0.440. The minimum absolute atomic E-state index is 0.0347. The molecule has 8 heavy (non-hydrogen) atoms. The normalized spacial score (nSPS) is 9.00. The van der Waals surface area contributed by atoms with Crippen LogP contribution >= 0.6 is 0 Å². The Balaban J connectivity index is 3.62. The van der Waals surface area contributed by atoms with Gasteiger partial charge >= 0.3 is 0 Å². The van der Waals surface area contributed by atoms with Crippen LogP contribution < -0.4 is 0 Å². The molecule has 0 aromatic heterocycles. The summed E-state index contributed by atoms with van der Waals surface area (Å²) in [5.74, 6) is 0. The van der Waals surface area contributed by atoms with Crippen LogP contribution in [0.1, 0.15) is 13.3 Å². The molecule has 0 aliphatic rings. The molecule has 3 heteroatoms. The summed E-state index contributed by atoms with van der Waals surface area (Å²) in [5, 5.41) is 8.12. The highest BCUT2D eigenvalue weighted by Crippen LogP contribution is 2.08. The van der Waals surface area contributed by atoms with E-state index in [1.54, 1.807) is 0 Å². The van der Waals surface area contributed by atoms with E-state index >= 15 is 0 Å². The minimum Gasteiger partial charge on any atom is -0.396 e. The molecule has 0 rings (SSSR count). The number of hydrogen-bond acceptors (Lipinski definition) is 1. The Morgan fingerprint density at radius 2 is 2.00 bits per heavy atom.